The van der Waals surface area contributed by atoms with Crippen LogP contribution < -0.4 is 11.5 Å². The maximum Gasteiger partial charge on any atom is 0.218 e. The second kappa shape index (κ2) is 4.56. The Morgan fingerprint density at radius 1 is 1.38 bits per heavy atom. The monoisotopic (exact) mass is 220 g/mol. The van der Waals surface area contributed by atoms with Crippen LogP contribution in [0.2, 0.25) is 0 Å². The number of hydrogen-bond acceptors (Lipinski definition) is 2. The molecule has 88 valence electrons. The lowest BCUT2D eigenvalue weighted by molar-refractivity contribution is -0.118. The summed E-state index contributed by atoms with van der Waals surface area (Å²) in [6.07, 6.45) is 0.354. The first-order chi connectivity index (χ1) is 7.30. The fourth-order valence-electron chi connectivity index (χ4n) is 1.90. The molecule has 16 heavy (non-hydrogen) atoms. The summed E-state index contributed by atoms with van der Waals surface area (Å²) in [7, 11) is 0. The third-order valence-corrected chi connectivity index (χ3v) is 2.76. The van der Waals surface area contributed by atoms with Crippen molar-refractivity contribution in [3.8, 4) is 0 Å². The highest BCUT2D eigenvalue weighted by atomic mass is 16.1. The first-order valence-corrected chi connectivity index (χ1v) is 5.44. The van der Waals surface area contributed by atoms with E-state index in [4.69, 9.17) is 11.5 Å². The molecule has 1 atom stereocenters. The zero-order valence-corrected chi connectivity index (χ0v) is 10.2. The zero-order valence-electron chi connectivity index (χ0n) is 10.2. The molecular weight excluding hydrogens is 200 g/mol. The second-order valence-corrected chi connectivity index (χ2v) is 5.26. The molecule has 0 spiro atoms. The topological polar surface area (TPSA) is 69.1 Å². The molecule has 4 N–H and O–H groups in total. The number of primary amides is 1. The normalized spacial score (nSPS) is 13.4. The summed E-state index contributed by atoms with van der Waals surface area (Å²) in [5, 5.41) is 0. The van der Waals surface area contributed by atoms with Gasteiger partial charge in [0.2, 0.25) is 5.91 Å². The third kappa shape index (κ3) is 3.26. The van der Waals surface area contributed by atoms with Crippen LogP contribution in [0.1, 0.15) is 38.7 Å². The molecule has 0 aliphatic carbocycles. The molecule has 0 bridgehead atoms. The average molecular weight is 220 g/mol. The van der Waals surface area contributed by atoms with Crippen molar-refractivity contribution < 1.29 is 4.79 Å². The maximum atomic E-state index is 11.1. The van der Waals surface area contributed by atoms with E-state index in [0.29, 0.717) is 6.42 Å². The zero-order chi connectivity index (χ0) is 12.3. The summed E-state index contributed by atoms with van der Waals surface area (Å²) >= 11 is 0. The number of anilines is 1. The van der Waals surface area contributed by atoms with Crippen molar-refractivity contribution in [3.05, 3.63) is 29.8 Å². The van der Waals surface area contributed by atoms with Crippen molar-refractivity contribution in [2.24, 2.45) is 11.1 Å². The van der Waals surface area contributed by atoms with E-state index < -0.39 is 0 Å². The van der Waals surface area contributed by atoms with E-state index in [9.17, 15) is 4.79 Å². The highest BCUT2D eigenvalue weighted by molar-refractivity contribution is 5.75. The summed E-state index contributed by atoms with van der Waals surface area (Å²) < 4.78 is 0. The molecule has 0 radical (unpaired) electrons. The maximum absolute atomic E-state index is 11.1. The molecule has 1 amide bonds. The molecule has 0 saturated carbocycles. The van der Waals surface area contributed by atoms with Crippen LogP contribution >= 0.6 is 0 Å². The molecule has 0 unspecified atom stereocenters. The Morgan fingerprint density at radius 3 is 2.44 bits per heavy atom. The van der Waals surface area contributed by atoms with Gasteiger partial charge in [-0.1, -0.05) is 32.9 Å². The quantitative estimate of drug-likeness (QED) is 0.767. The van der Waals surface area contributed by atoms with E-state index in [1.165, 1.54) is 0 Å². The van der Waals surface area contributed by atoms with E-state index in [0.717, 1.165) is 11.3 Å². The van der Waals surface area contributed by atoms with E-state index >= 15 is 0 Å². The Bertz CT molecular complexity index is 380. The van der Waals surface area contributed by atoms with Crippen LogP contribution in [0.15, 0.2) is 24.3 Å². The van der Waals surface area contributed by atoms with Gasteiger partial charge in [-0.2, -0.15) is 0 Å². The largest absolute Gasteiger partial charge is 0.399 e. The van der Waals surface area contributed by atoms with E-state index in [1.807, 2.05) is 24.3 Å². The minimum absolute atomic E-state index is 0.0111. The van der Waals surface area contributed by atoms with Crippen LogP contribution in [0.25, 0.3) is 0 Å². The highest BCUT2D eigenvalue weighted by Gasteiger charge is 2.27. The minimum Gasteiger partial charge on any atom is -0.399 e. The number of hydrogen-bond donors (Lipinski definition) is 2. The average Bonchev–Trinajstić information content (AvgIpc) is 2.12. The van der Waals surface area contributed by atoms with Crippen molar-refractivity contribution >= 4 is 11.6 Å². The van der Waals surface area contributed by atoms with Crippen LogP contribution in [-0.4, -0.2) is 5.91 Å². The summed E-state index contributed by atoms with van der Waals surface area (Å²) in [4.78, 5) is 11.1. The van der Waals surface area contributed by atoms with E-state index in [1.54, 1.807) is 0 Å². The lowest BCUT2D eigenvalue weighted by atomic mass is 9.74. The van der Waals surface area contributed by atoms with Gasteiger partial charge in [0.1, 0.15) is 0 Å². The molecule has 0 aliphatic rings. The molecule has 0 fully saturated rings. The van der Waals surface area contributed by atoms with Gasteiger partial charge < -0.3 is 11.5 Å². The lowest BCUT2D eigenvalue weighted by Crippen LogP contribution is -2.25. The smallest absolute Gasteiger partial charge is 0.218 e. The van der Waals surface area contributed by atoms with E-state index in [2.05, 4.69) is 20.8 Å². The first kappa shape index (κ1) is 12.6. The number of rotatable bonds is 3. The third-order valence-electron chi connectivity index (χ3n) is 2.76. The molecule has 3 heteroatoms. The molecule has 1 aromatic carbocycles. The van der Waals surface area contributed by atoms with Crippen molar-refractivity contribution in [2.45, 2.75) is 33.1 Å². The molecule has 1 rings (SSSR count). The van der Waals surface area contributed by atoms with Crippen molar-refractivity contribution in [2.75, 3.05) is 5.73 Å². The van der Waals surface area contributed by atoms with E-state index in [-0.39, 0.29) is 17.2 Å². The number of benzene rings is 1. The van der Waals surface area contributed by atoms with Crippen LogP contribution in [0, 0.1) is 5.41 Å². The number of nitrogens with two attached hydrogens (primary N) is 2. The van der Waals surface area contributed by atoms with Gasteiger partial charge in [-0.15, -0.1) is 0 Å². The summed E-state index contributed by atoms with van der Waals surface area (Å²) in [5.41, 5.74) is 12.8. The molecule has 1 aromatic rings. The Kier molecular flexibility index (Phi) is 3.58. The Morgan fingerprint density at radius 2 is 2.00 bits per heavy atom. The molecule has 0 aromatic heterocycles. The SMILES string of the molecule is CC(C)(C)[C@@H](CC(N)=O)c1cccc(N)c1. The predicted octanol–water partition coefficient (Wildman–Crippen LogP) is 2.27. The summed E-state index contributed by atoms with van der Waals surface area (Å²) in [6, 6.07) is 7.66. The number of carbonyl (C=O) groups is 1. The van der Waals surface area contributed by atoms with Crippen molar-refractivity contribution in [1.29, 1.82) is 0 Å². The van der Waals surface area contributed by atoms with Crippen molar-refractivity contribution in [1.82, 2.24) is 0 Å². The minimum atomic E-state index is -0.276. The molecule has 0 aliphatic heterocycles. The van der Waals surface area contributed by atoms with Crippen LogP contribution in [0.5, 0.6) is 0 Å². The molecule has 0 heterocycles. The molecule has 3 nitrogen and oxygen atoms in total. The lowest BCUT2D eigenvalue weighted by Gasteiger charge is -2.30. The number of carbonyl (C=O) groups excluding carboxylic acids is 1. The number of amides is 1. The highest BCUT2D eigenvalue weighted by Crippen LogP contribution is 2.37. The fourth-order valence-corrected chi connectivity index (χ4v) is 1.90. The van der Waals surface area contributed by atoms with Gasteiger partial charge >= 0.3 is 0 Å². The van der Waals surface area contributed by atoms with Crippen molar-refractivity contribution in [3.63, 3.8) is 0 Å². The van der Waals surface area contributed by atoms with Crippen LogP contribution in [0.3, 0.4) is 0 Å². The van der Waals surface area contributed by atoms with Crippen LogP contribution in [0.4, 0.5) is 5.69 Å². The first-order valence-electron chi connectivity index (χ1n) is 5.44. The Hall–Kier alpha value is -1.51. The van der Waals surface area contributed by atoms with Gasteiger partial charge in [-0.3, -0.25) is 4.79 Å². The molecule has 0 saturated heterocycles. The summed E-state index contributed by atoms with van der Waals surface area (Å²) in [5.74, 6) is -0.171. The fraction of sp³-hybridized carbons (Fsp3) is 0.462. The van der Waals surface area contributed by atoms with Gasteiger partial charge in [-0.05, 0) is 29.0 Å². The van der Waals surface area contributed by atoms with Crippen LogP contribution in [-0.2, 0) is 4.79 Å². The predicted molar refractivity (Wildman–Crippen MR) is 66.9 cm³/mol. The Balaban J connectivity index is 3.06. The Labute approximate surface area is 96.8 Å². The van der Waals surface area contributed by atoms with Gasteiger partial charge in [0, 0.05) is 12.1 Å². The summed E-state index contributed by atoms with van der Waals surface area (Å²) in [6.45, 7) is 6.30. The standard InChI is InChI=1S/C13H20N2O/c1-13(2,3)11(8-12(15)16)9-5-4-6-10(14)7-9/h4-7,11H,8,14H2,1-3H3,(H2,15,16)/t11-/m0/s1. The van der Waals surface area contributed by atoms with Gasteiger partial charge in [0.25, 0.3) is 0 Å². The van der Waals surface area contributed by atoms with Gasteiger partial charge in [0.15, 0.2) is 0 Å². The second-order valence-electron chi connectivity index (χ2n) is 5.26. The van der Waals surface area contributed by atoms with Gasteiger partial charge in [-0.25, -0.2) is 0 Å². The number of nitrogen functional groups attached to an aromatic ring is 1. The molecular formula is C13H20N2O. The van der Waals surface area contributed by atoms with Gasteiger partial charge in [0.05, 0.1) is 0 Å².